The summed E-state index contributed by atoms with van der Waals surface area (Å²) in [6.45, 7) is -0.422. The van der Waals surface area contributed by atoms with E-state index in [2.05, 4.69) is 35.6 Å². The normalized spacial score (nSPS) is 21.2. The van der Waals surface area contributed by atoms with Crippen molar-refractivity contribution in [2.24, 2.45) is 5.92 Å². The maximum Gasteiger partial charge on any atom is 0.331 e. The van der Waals surface area contributed by atoms with Crippen molar-refractivity contribution in [3.05, 3.63) is 65.9 Å². The minimum Gasteiger partial charge on any atom is -0.364 e. The van der Waals surface area contributed by atoms with Gasteiger partial charge in [-0.1, -0.05) is 0 Å². The Morgan fingerprint density at radius 2 is 1.95 bits per heavy atom. The summed E-state index contributed by atoms with van der Waals surface area (Å²) < 4.78 is 19.2. The predicted octanol–water partition coefficient (Wildman–Crippen LogP) is 2.85. The zero-order chi connectivity index (χ0) is 30.0. The molecule has 5 heterocycles. The van der Waals surface area contributed by atoms with E-state index in [9.17, 15) is 14.4 Å². The van der Waals surface area contributed by atoms with Gasteiger partial charge in [0.1, 0.15) is 30.3 Å². The number of fused-ring (bicyclic) bond motifs is 1. The van der Waals surface area contributed by atoms with Crippen molar-refractivity contribution in [1.29, 1.82) is 0 Å². The van der Waals surface area contributed by atoms with Gasteiger partial charge in [0.2, 0.25) is 11.8 Å². The number of urea groups is 1. The summed E-state index contributed by atoms with van der Waals surface area (Å²) in [4.78, 5) is 61.9. The lowest BCUT2D eigenvalue weighted by Gasteiger charge is -2.17. The maximum atomic E-state index is 12.9. The smallest absolute Gasteiger partial charge is 0.331 e. The molecule has 2 aliphatic carbocycles. The lowest BCUT2D eigenvalue weighted by Crippen LogP contribution is -2.30. The number of amides is 4. The van der Waals surface area contributed by atoms with Crippen LogP contribution in [0.3, 0.4) is 0 Å². The van der Waals surface area contributed by atoms with Crippen LogP contribution >= 0.6 is 0 Å². The van der Waals surface area contributed by atoms with Crippen LogP contribution in [0.5, 0.6) is 0 Å². The maximum absolute atomic E-state index is 12.9. The Kier molecular flexibility index (Phi) is 5.35. The van der Waals surface area contributed by atoms with Crippen molar-refractivity contribution in [3.8, 4) is 0 Å². The number of imidazole rings is 1. The Morgan fingerprint density at radius 1 is 1.12 bits per heavy atom. The van der Waals surface area contributed by atoms with Gasteiger partial charge in [-0.3, -0.25) is 19.4 Å². The van der Waals surface area contributed by atoms with Gasteiger partial charge >= 0.3 is 6.03 Å². The Morgan fingerprint density at radius 3 is 2.71 bits per heavy atom. The fraction of sp³-hybridized carbons (Fsp3) is 0.357. The zero-order valence-corrected chi connectivity index (χ0v) is 22.4. The van der Waals surface area contributed by atoms with Crippen LogP contribution in [0.1, 0.15) is 56.6 Å². The molecule has 0 bridgehead atoms. The molecule has 13 nitrogen and oxygen atoms in total. The molecule has 7 rings (SSSR count). The fourth-order valence-corrected chi connectivity index (χ4v) is 5.04. The van der Waals surface area contributed by atoms with Gasteiger partial charge in [0.05, 0.1) is 20.6 Å². The summed E-state index contributed by atoms with van der Waals surface area (Å²) in [5.41, 5.74) is 2.70. The number of aromatic nitrogens is 6. The van der Waals surface area contributed by atoms with Crippen molar-refractivity contribution < 1.29 is 17.1 Å². The monoisotopic (exact) mass is 554 g/mol. The third-order valence-electron chi connectivity index (χ3n) is 7.59. The van der Waals surface area contributed by atoms with E-state index < -0.39 is 12.5 Å². The van der Waals surface area contributed by atoms with E-state index in [-0.39, 0.29) is 47.5 Å². The molecule has 0 spiro atoms. The van der Waals surface area contributed by atoms with Crippen LogP contribution in [0.15, 0.2) is 43.1 Å². The molecular weight excluding hydrogens is 524 g/mol. The number of anilines is 3. The molecule has 0 aromatic carbocycles. The summed E-state index contributed by atoms with van der Waals surface area (Å²) in [5.74, 6) is 0.488. The van der Waals surface area contributed by atoms with Gasteiger partial charge in [-0.15, -0.1) is 0 Å². The van der Waals surface area contributed by atoms with Crippen LogP contribution in [0.4, 0.5) is 22.1 Å². The van der Waals surface area contributed by atoms with E-state index in [4.69, 9.17) is 2.74 Å². The molecular formula is C28H28N10O3. The van der Waals surface area contributed by atoms with Crippen molar-refractivity contribution in [1.82, 2.24) is 34.2 Å². The number of imide groups is 1. The molecule has 0 unspecified atom stereocenters. The van der Waals surface area contributed by atoms with Crippen LogP contribution in [0.2, 0.25) is 0 Å². The van der Waals surface area contributed by atoms with E-state index in [0.717, 1.165) is 29.0 Å². The van der Waals surface area contributed by atoms with E-state index in [1.165, 1.54) is 24.3 Å². The third kappa shape index (κ3) is 4.83. The van der Waals surface area contributed by atoms with Crippen LogP contribution < -0.4 is 15.5 Å². The molecule has 3 aliphatic rings. The van der Waals surface area contributed by atoms with Gasteiger partial charge in [-0.05, 0) is 49.8 Å². The topological polar surface area (TPSA) is 151 Å². The molecule has 2 saturated carbocycles. The number of rotatable bonds is 8. The number of nitrogens with one attached hydrogen (secondary N) is 2. The first-order chi connectivity index (χ1) is 20.6. The molecule has 2 atom stereocenters. The van der Waals surface area contributed by atoms with E-state index in [0.29, 0.717) is 29.5 Å². The minimum absolute atomic E-state index is 0.0520. The van der Waals surface area contributed by atoms with Crippen molar-refractivity contribution in [2.45, 2.75) is 44.5 Å². The number of aryl methyl sites for hydroxylation is 1. The molecule has 13 heteroatoms. The van der Waals surface area contributed by atoms with Gasteiger partial charge in [-0.2, -0.15) is 0 Å². The molecule has 0 radical (unpaired) electrons. The minimum atomic E-state index is -2.19. The SMILES string of the molecule is [2H]C([2H])(Nc1cc(NC(=O)[C@H]2C[C@@H]2c2nccc(C)n2)ncn1)c1cn2cc(C3CC3)cc(N3CC(=O)N(C)C3=O)c2n1. The number of pyridine rings is 1. The lowest BCUT2D eigenvalue weighted by molar-refractivity contribution is -0.124. The number of hydrogen-bond acceptors (Lipinski definition) is 9. The first-order valence-corrected chi connectivity index (χ1v) is 13.4. The van der Waals surface area contributed by atoms with Crippen LogP contribution in [-0.4, -0.2) is 65.7 Å². The first-order valence-electron chi connectivity index (χ1n) is 14.4. The Bertz CT molecular complexity index is 1810. The Labute approximate surface area is 237 Å². The largest absolute Gasteiger partial charge is 0.364 e. The second kappa shape index (κ2) is 9.61. The number of nitrogens with zero attached hydrogens (tertiary/aromatic N) is 8. The molecule has 2 N–H and O–H groups in total. The second-order valence-corrected chi connectivity index (χ2v) is 10.6. The van der Waals surface area contributed by atoms with Crippen molar-refractivity contribution in [3.63, 3.8) is 0 Å². The summed E-state index contributed by atoms with van der Waals surface area (Å²) >= 11 is 0. The second-order valence-electron chi connectivity index (χ2n) is 10.6. The standard InChI is InChI=1S/C28H28N10O3/c1-15-5-6-29-25(33-15)19-8-20(19)27(40)35-23-9-22(31-14-32-23)30-10-18-12-37-11-17(16-3-4-16)7-21(26(37)34-18)38-13-24(39)36(2)28(38)41/h5-7,9,11-12,14,16,19-20H,3-4,8,10,13H2,1-2H3,(H2,30,31,32,35,40)/t19-,20-/m0/s1/i10D2. The van der Waals surface area contributed by atoms with Gasteiger partial charge in [0.15, 0.2) is 5.65 Å². The molecule has 208 valence electrons. The highest BCUT2D eigenvalue weighted by Gasteiger charge is 2.46. The molecule has 3 fully saturated rings. The van der Waals surface area contributed by atoms with Crippen LogP contribution in [0.25, 0.3) is 5.65 Å². The zero-order valence-electron chi connectivity index (χ0n) is 24.4. The molecule has 1 saturated heterocycles. The van der Waals surface area contributed by atoms with Crippen LogP contribution in [0, 0.1) is 12.8 Å². The molecule has 4 aromatic rings. The van der Waals surface area contributed by atoms with E-state index in [1.807, 2.05) is 19.2 Å². The average molecular weight is 555 g/mol. The summed E-state index contributed by atoms with van der Waals surface area (Å²) in [7, 11) is 1.44. The summed E-state index contributed by atoms with van der Waals surface area (Å²) in [6.07, 6.45) is 9.06. The van der Waals surface area contributed by atoms with Gasteiger partial charge in [0, 0.05) is 49.2 Å². The number of likely N-dealkylation sites (N-methyl/N-ethyl adjacent to an activating group) is 1. The van der Waals surface area contributed by atoms with Gasteiger partial charge in [-0.25, -0.2) is 29.7 Å². The predicted molar refractivity (Wildman–Crippen MR) is 148 cm³/mol. The van der Waals surface area contributed by atoms with Crippen LogP contribution in [-0.2, 0) is 16.1 Å². The fourth-order valence-electron chi connectivity index (χ4n) is 5.04. The first kappa shape index (κ1) is 22.8. The number of carbonyl (C=O) groups excluding carboxylic acids is 3. The highest BCUT2D eigenvalue weighted by Crippen LogP contribution is 2.46. The van der Waals surface area contributed by atoms with Crippen molar-refractivity contribution in [2.75, 3.05) is 29.1 Å². The van der Waals surface area contributed by atoms with Gasteiger partial charge < -0.3 is 15.0 Å². The average Bonchev–Trinajstić information content (AvgIpc) is 3.90. The van der Waals surface area contributed by atoms with Gasteiger partial charge in [0.25, 0.3) is 0 Å². The van der Waals surface area contributed by atoms with E-state index in [1.54, 1.807) is 22.9 Å². The number of carbonyl (C=O) groups is 3. The highest BCUT2D eigenvalue weighted by molar-refractivity contribution is 6.13. The Balaban J connectivity index is 1.11. The summed E-state index contributed by atoms with van der Waals surface area (Å²) in [5, 5.41) is 5.53. The third-order valence-corrected chi connectivity index (χ3v) is 7.59. The van der Waals surface area contributed by atoms with E-state index >= 15 is 0 Å². The molecule has 1 aliphatic heterocycles. The highest BCUT2D eigenvalue weighted by atomic mass is 16.2. The lowest BCUT2D eigenvalue weighted by atomic mass is 10.1. The Hall–Kier alpha value is -4.94. The molecule has 4 amide bonds. The molecule has 4 aromatic heterocycles. The molecule has 41 heavy (non-hydrogen) atoms. The quantitative estimate of drug-likeness (QED) is 0.313. The van der Waals surface area contributed by atoms with Crippen molar-refractivity contribution >= 4 is 40.8 Å². The summed E-state index contributed by atoms with van der Waals surface area (Å²) in [6, 6.07) is 4.67. The number of hydrogen-bond donors (Lipinski definition) is 2.